The Morgan fingerprint density at radius 1 is 1.22 bits per heavy atom. The van der Waals surface area contributed by atoms with E-state index in [0.717, 1.165) is 62.8 Å². The van der Waals surface area contributed by atoms with Gasteiger partial charge in [-0.2, -0.15) is 0 Å². The molecule has 1 aromatic heterocycles. The number of nitrogens with two attached hydrogens (primary N) is 1. The summed E-state index contributed by atoms with van der Waals surface area (Å²) in [6, 6.07) is 10.6. The smallest absolute Gasteiger partial charge is 0.222 e. The SMILES string of the molecule is Cc1nc2c(c(N3CCCC(C(N)=O)C3)n1)CCN(Cc1ccccc1)C2. The number of rotatable bonds is 4. The number of hydrogen-bond donors (Lipinski definition) is 1. The molecule has 6 nitrogen and oxygen atoms in total. The summed E-state index contributed by atoms with van der Waals surface area (Å²) in [7, 11) is 0. The molecule has 0 saturated carbocycles. The molecule has 0 aliphatic carbocycles. The Kier molecular flexibility index (Phi) is 5.07. The molecule has 0 radical (unpaired) electrons. The van der Waals surface area contributed by atoms with E-state index in [4.69, 9.17) is 15.7 Å². The number of primary amides is 1. The van der Waals surface area contributed by atoms with Crippen molar-refractivity contribution in [2.45, 2.75) is 39.3 Å². The average molecular weight is 365 g/mol. The number of piperidine rings is 1. The van der Waals surface area contributed by atoms with Gasteiger partial charge >= 0.3 is 0 Å². The van der Waals surface area contributed by atoms with Gasteiger partial charge in [0.1, 0.15) is 11.6 Å². The minimum Gasteiger partial charge on any atom is -0.369 e. The Balaban J connectivity index is 1.56. The third kappa shape index (κ3) is 3.95. The zero-order valence-corrected chi connectivity index (χ0v) is 15.9. The summed E-state index contributed by atoms with van der Waals surface area (Å²) in [5, 5.41) is 0. The van der Waals surface area contributed by atoms with Crippen LogP contribution in [0.25, 0.3) is 0 Å². The highest BCUT2D eigenvalue weighted by Gasteiger charge is 2.29. The van der Waals surface area contributed by atoms with Crippen molar-refractivity contribution >= 4 is 11.7 Å². The second-order valence-electron chi connectivity index (χ2n) is 7.65. The number of fused-ring (bicyclic) bond motifs is 1. The molecule has 0 bridgehead atoms. The highest BCUT2D eigenvalue weighted by Crippen LogP contribution is 2.30. The van der Waals surface area contributed by atoms with Gasteiger partial charge in [0, 0.05) is 38.3 Å². The molecular weight excluding hydrogens is 338 g/mol. The van der Waals surface area contributed by atoms with Crippen LogP contribution in [0.3, 0.4) is 0 Å². The third-order valence-electron chi connectivity index (χ3n) is 5.61. The van der Waals surface area contributed by atoms with Crippen LogP contribution in [0.15, 0.2) is 30.3 Å². The lowest BCUT2D eigenvalue weighted by molar-refractivity contribution is -0.122. The van der Waals surface area contributed by atoms with Crippen LogP contribution in [0.2, 0.25) is 0 Å². The van der Waals surface area contributed by atoms with Crippen molar-refractivity contribution in [3.05, 3.63) is 53.0 Å². The summed E-state index contributed by atoms with van der Waals surface area (Å²) < 4.78 is 0. The Morgan fingerprint density at radius 2 is 2.04 bits per heavy atom. The lowest BCUT2D eigenvalue weighted by Gasteiger charge is -2.36. The predicted octanol–water partition coefficient (Wildman–Crippen LogP) is 2.05. The number of nitrogens with zero attached hydrogens (tertiary/aromatic N) is 4. The predicted molar refractivity (Wildman–Crippen MR) is 105 cm³/mol. The van der Waals surface area contributed by atoms with Gasteiger partial charge in [0.05, 0.1) is 11.6 Å². The zero-order chi connectivity index (χ0) is 18.8. The van der Waals surface area contributed by atoms with E-state index in [2.05, 4.69) is 40.1 Å². The first-order valence-electron chi connectivity index (χ1n) is 9.77. The highest BCUT2D eigenvalue weighted by molar-refractivity contribution is 5.77. The van der Waals surface area contributed by atoms with Gasteiger partial charge in [0.15, 0.2) is 0 Å². The number of amides is 1. The summed E-state index contributed by atoms with van der Waals surface area (Å²) >= 11 is 0. The Bertz CT molecular complexity index is 823. The van der Waals surface area contributed by atoms with Gasteiger partial charge < -0.3 is 10.6 Å². The zero-order valence-electron chi connectivity index (χ0n) is 15.9. The first kappa shape index (κ1) is 17.9. The first-order valence-corrected chi connectivity index (χ1v) is 9.77. The van der Waals surface area contributed by atoms with Crippen LogP contribution in [0.4, 0.5) is 5.82 Å². The lowest BCUT2D eigenvalue weighted by Crippen LogP contribution is -2.43. The summed E-state index contributed by atoms with van der Waals surface area (Å²) in [6.07, 6.45) is 2.80. The molecule has 2 aliphatic heterocycles. The Labute approximate surface area is 160 Å². The van der Waals surface area contributed by atoms with Crippen molar-refractivity contribution in [2.24, 2.45) is 11.7 Å². The van der Waals surface area contributed by atoms with Gasteiger partial charge in [-0.25, -0.2) is 9.97 Å². The molecule has 27 heavy (non-hydrogen) atoms. The third-order valence-corrected chi connectivity index (χ3v) is 5.61. The van der Waals surface area contributed by atoms with E-state index < -0.39 is 0 Å². The van der Waals surface area contributed by atoms with Crippen molar-refractivity contribution in [3.8, 4) is 0 Å². The summed E-state index contributed by atoms with van der Waals surface area (Å²) in [4.78, 5) is 25.9. The molecule has 142 valence electrons. The van der Waals surface area contributed by atoms with E-state index in [1.54, 1.807) is 0 Å². The molecule has 1 aromatic carbocycles. The van der Waals surface area contributed by atoms with E-state index in [-0.39, 0.29) is 11.8 Å². The van der Waals surface area contributed by atoms with Crippen molar-refractivity contribution in [3.63, 3.8) is 0 Å². The quantitative estimate of drug-likeness (QED) is 0.897. The largest absolute Gasteiger partial charge is 0.369 e. The molecule has 6 heteroatoms. The molecular formula is C21H27N5O. The summed E-state index contributed by atoms with van der Waals surface area (Å²) in [5.41, 5.74) is 9.26. The minimum absolute atomic E-state index is 0.0807. The normalized spacial score (nSPS) is 20.3. The van der Waals surface area contributed by atoms with Gasteiger partial charge in [-0.05, 0) is 31.7 Å². The van der Waals surface area contributed by atoms with Gasteiger partial charge in [-0.1, -0.05) is 30.3 Å². The molecule has 4 rings (SSSR count). The van der Waals surface area contributed by atoms with Crippen LogP contribution in [0, 0.1) is 12.8 Å². The number of benzene rings is 1. The second-order valence-corrected chi connectivity index (χ2v) is 7.65. The fourth-order valence-electron chi connectivity index (χ4n) is 4.23. The van der Waals surface area contributed by atoms with Gasteiger partial charge in [-0.3, -0.25) is 9.69 Å². The topological polar surface area (TPSA) is 75.4 Å². The molecule has 2 aliphatic rings. The molecule has 1 fully saturated rings. The van der Waals surface area contributed by atoms with E-state index in [9.17, 15) is 4.79 Å². The van der Waals surface area contributed by atoms with Gasteiger partial charge in [0.25, 0.3) is 0 Å². The fraction of sp³-hybridized carbons (Fsp3) is 0.476. The van der Waals surface area contributed by atoms with Crippen LogP contribution >= 0.6 is 0 Å². The molecule has 1 unspecified atom stereocenters. The van der Waals surface area contributed by atoms with E-state index in [0.29, 0.717) is 6.54 Å². The maximum absolute atomic E-state index is 11.7. The number of aryl methyl sites for hydroxylation is 1. The molecule has 2 aromatic rings. The molecule has 2 N–H and O–H groups in total. The standard InChI is InChI=1S/C21H27N5O/c1-15-23-19-14-25(12-16-6-3-2-4-7-16)11-9-18(19)21(24-15)26-10-5-8-17(13-26)20(22)27/h2-4,6-7,17H,5,8-14H2,1H3,(H2,22,27). The number of hydrogen-bond acceptors (Lipinski definition) is 5. The summed E-state index contributed by atoms with van der Waals surface area (Å²) in [5.74, 6) is 1.53. The molecule has 1 atom stereocenters. The Morgan fingerprint density at radius 3 is 2.81 bits per heavy atom. The van der Waals surface area contributed by atoms with Crippen LogP contribution in [-0.2, 0) is 24.3 Å². The van der Waals surface area contributed by atoms with E-state index in [1.165, 1.54) is 11.1 Å². The average Bonchev–Trinajstić information content (AvgIpc) is 2.68. The maximum Gasteiger partial charge on any atom is 0.222 e. The van der Waals surface area contributed by atoms with Crippen LogP contribution in [0.1, 0.15) is 35.5 Å². The van der Waals surface area contributed by atoms with Crippen LogP contribution in [0.5, 0.6) is 0 Å². The monoisotopic (exact) mass is 365 g/mol. The minimum atomic E-state index is -0.201. The molecule has 3 heterocycles. The first-order chi connectivity index (χ1) is 13.1. The number of aromatic nitrogens is 2. The number of anilines is 1. The Hall–Kier alpha value is -2.47. The number of carbonyl (C=O) groups is 1. The van der Waals surface area contributed by atoms with Crippen molar-refractivity contribution in [1.29, 1.82) is 0 Å². The number of carbonyl (C=O) groups excluding carboxylic acids is 1. The maximum atomic E-state index is 11.7. The van der Waals surface area contributed by atoms with Crippen LogP contribution in [-0.4, -0.2) is 40.4 Å². The van der Waals surface area contributed by atoms with E-state index >= 15 is 0 Å². The van der Waals surface area contributed by atoms with Crippen molar-refractivity contribution in [1.82, 2.24) is 14.9 Å². The fourth-order valence-corrected chi connectivity index (χ4v) is 4.23. The van der Waals surface area contributed by atoms with Crippen molar-refractivity contribution < 1.29 is 4.79 Å². The highest BCUT2D eigenvalue weighted by atomic mass is 16.1. The van der Waals surface area contributed by atoms with Crippen LogP contribution < -0.4 is 10.6 Å². The molecule has 1 amide bonds. The second kappa shape index (κ2) is 7.64. The van der Waals surface area contributed by atoms with Crippen molar-refractivity contribution in [2.75, 3.05) is 24.5 Å². The lowest BCUT2D eigenvalue weighted by atomic mass is 9.96. The van der Waals surface area contributed by atoms with E-state index in [1.807, 2.05) is 6.92 Å². The molecule has 1 saturated heterocycles. The van der Waals surface area contributed by atoms with Gasteiger partial charge in [-0.15, -0.1) is 0 Å². The van der Waals surface area contributed by atoms with Gasteiger partial charge in [0.2, 0.25) is 5.91 Å². The summed E-state index contributed by atoms with van der Waals surface area (Å²) in [6.45, 7) is 6.33. The molecule has 0 spiro atoms.